The molecule has 2 N–H and O–H groups in total. The van der Waals surface area contributed by atoms with Crippen molar-refractivity contribution in [1.82, 2.24) is 15.5 Å². The van der Waals surface area contributed by atoms with E-state index in [1.807, 2.05) is 13.8 Å². The zero-order chi connectivity index (χ0) is 20.6. The van der Waals surface area contributed by atoms with E-state index in [9.17, 15) is 9.59 Å². The van der Waals surface area contributed by atoms with Crippen molar-refractivity contribution in [3.8, 4) is 0 Å². The lowest BCUT2D eigenvalue weighted by molar-refractivity contribution is -0.124. The molecule has 2 heterocycles. The third-order valence-electron chi connectivity index (χ3n) is 5.33. The van der Waals surface area contributed by atoms with Crippen LogP contribution in [0, 0.1) is 5.92 Å². The maximum absolute atomic E-state index is 12.6. The largest absolute Gasteiger partial charge is 0.459 e. The van der Waals surface area contributed by atoms with Gasteiger partial charge in [-0.05, 0) is 55.1 Å². The molecule has 0 radical (unpaired) electrons. The Labute approximate surface area is 172 Å². The first-order valence-electron chi connectivity index (χ1n) is 10.4. The number of furan rings is 1. The fourth-order valence-electron chi connectivity index (χ4n) is 3.59. The SMILES string of the molecule is CC(C)[C@H](NC(=O)c1ccco1)C(=O)NCc1ccc(CN2CCCCC2)cc1. The number of likely N-dealkylation sites (tertiary alicyclic amines) is 1. The summed E-state index contributed by atoms with van der Waals surface area (Å²) in [4.78, 5) is 27.3. The Hall–Kier alpha value is -2.60. The van der Waals surface area contributed by atoms with E-state index in [0.29, 0.717) is 6.54 Å². The van der Waals surface area contributed by atoms with Crippen LogP contribution in [0.1, 0.15) is 54.8 Å². The Morgan fingerprint density at radius 1 is 1.03 bits per heavy atom. The first-order valence-corrected chi connectivity index (χ1v) is 10.4. The number of hydrogen-bond acceptors (Lipinski definition) is 4. The Morgan fingerprint density at radius 2 is 1.72 bits per heavy atom. The Bertz CT molecular complexity index is 778. The monoisotopic (exact) mass is 397 g/mol. The van der Waals surface area contributed by atoms with Gasteiger partial charge in [-0.1, -0.05) is 44.5 Å². The summed E-state index contributed by atoms with van der Waals surface area (Å²) in [5, 5.41) is 5.70. The molecule has 2 amide bonds. The number of benzene rings is 1. The van der Waals surface area contributed by atoms with Gasteiger partial charge in [-0.15, -0.1) is 0 Å². The standard InChI is InChI=1S/C23H31N3O3/c1-17(2)21(25-22(27)20-7-6-14-29-20)23(28)24-15-18-8-10-19(11-9-18)16-26-12-4-3-5-13-26/h6-11,14,17,21H,3-5,12-13,15-16H2,1-2H3,(H,24,28)(H,25,27)/t21-/m0/s1. The van der Waals surface area contributed by atoms with Gasteiger partial charge in [-0.3, -0.25) is 14.5 Å². The third-order valence-corrected chi connectivity index (χ3v) is 5.33. The minimum Gasteiger partial charge on any atom is -0.459 e. The fourth-order valence-corrected chi connectivity index (χ4v) is 3.59. The van der Waals surface area contributed by atoms with Crippen LogP contribution in [0.4, 0.5) is 0 Å². The fraction of sp³-hybridized carbons (Fsp3) is 0.478. The van der Waals surface area contributed by atoms with Crippen LogP contribution in [-0.2, 0) is 17.9 Å². The predicted molar refractivity (Wildman–Crippen MR) is 112 cm³/mol. The summed E-state index contributed by atoms with van der Waals surface area (Å²) in [6, 6.07) is 11.0. The highest BCUT2D eigenvalue weighted by atomic mass is 16.3. The summed E-state index contributed by atoms with van der Waals surface area (Å²) in [6.45, 7) is 7.59. The summed E-state index contributed by atoms with van der Waals surface area (Å²) in [5.74, 6) is -0.420. The lowest BCUT2D eigenvalue weighted by Gasteiger charge is -2.26. The van der Waals surface area contributed by atoms with E-state index in [1.54, 1.807) is 12.1 Å². The van der Waals surface area contributed by atoms with Gasteiger partial charge in [-0.2, -0.15) is 0 Å². The molecular weight excluding hydrogens is 366 g/mol. The van der Waals surface area contributed by atoms with Gasteiger partial charge in [0, 0.05) is 13.1 Å². The van der Waals surface area contributed by atoms with Crippen LogP contribution in [0.5, 0.6) is 0 Å². The van der Waals surface area contributed by atoms with Gasteiger partial charge in [0.15, 0.2) is 5.76 Å². The molecule has 0 unspecified atom stereocenters. The van der Waals surface area contributed by atoms with Gasteiger partial charge in [0.25, 0.3) is 5.91 Å². The number of amides is 2. The van der Waals surface area contributed by atoms with Crippen molar-refractivity contribution >= 4 is 11.8 Å². The number of piperidine rings is 1. The molecule has 1 atom stereocenters. The van der Waals surface area contributed by atoms with Crippen LogP contribution < -0.4 is 10.6 Å². The van der Waals surface area contributed by atoms with Gasteiger partial charge >= 0.3 is 0 Å². The average Bonchev–Trinajstić information content (AvgIpc) is 3.27. The minimum atomic E-state index is -0.619. The number of nitrogens with one attached hydrogen (secondary N) is 2. The van der Waals surface area contributed by atoms with Gasteiger partial charge < -0.3 is 15.1 Å². The first kappa shape index (κ1) is 21.1. The van der Waals surface area contributed by atoms with Crippen molar-refractivity contribution < 1.29 is 14.0 Å². The van der Waals surface area contributed by atoms with Gasteiger partial charge in [0.2, 0.25) is 5.91 Å². The highest BCUT2D eigenvalue weighted by Crippen LogP contribution is 2.14. The van der Waals surface area contributed by atoms with Crippen LogP contribution in [0.2, 0.25) is 0 Å². The lowest BCUT2D eigenvalue weighted by Crippen LogP contribution is -2.49. The van der Waals surface area contributed by atoms with Crippen LogP contribution in [-0.4, -0.2) is 35.8 Å². The van der Waals surface area contributed by atoms with E-state index in [1.165, 1.54) is 44.2 Å². The lowest BCUT2D eigenvalue weighted by atomic mass is 10.0. The number of hydrogen-bond donors (Lipinski definition) is 2. The molecule has 1 fully saturated rings. The molecule has 1 aromatic heterocycles. The second-order valence-electron chi connectivity index (χ2n) is 8.04. The number of rotatable bonds is 8. The first-order chi connectivity index (χ1) is 14.0. The zero-order valence-electron chi connectivity index (χ0n) is 17.3. The van der Waals surface area contributed by atoms with Crippen molar-refractivity contribution in [2.75, 3.05) is 13.1 Å². The second-order valence-corrected chi connectivity index (χ2v) is 8.04. The average molecular weight is 398 g/mol. The molecule has 0 spiro atoms. The van der Waals surface area contributed by atoms with Crippen LogP contribution >= 0.6 is 0 Å². The topological polar surface area (TPSA) is 74.6 Å². The highest BCUT2D eigenvalue weighted by Gasteiger charge is 2.25. The molecule has 156 valence electrons. The zero-order valence-corrected chi connectivity index (χ0v) is 17.3. The molecule has 1 saturated heterocycles. The van der Waals surface area contributed by atoms with Crippen LogP contribution in [0.3, 0.4) is 0 Å². The minimum absolute atomic E-state index is 0.0409. The normalized spacial score (nSPS) is 15.8. The van der Waals surface area contributed by atoms with E-state index in [-0.39, 0.29) is 23.5 Å². The maximum Gasteiger partial charge on any atom is 0.287 e. The van der Waals surface area contributed by atoms with Gasteiger partial charge in [0.1, 0.15) is 6.04 Å². The molecule has 0 saturated carbocycles. The van der Waals surface area contributed by atoms with Crippen molar-refractivity contribution in [3.05, 3.63) is 59.5 Å². The van der Waals surface area contributed by atoms with Crippen molar-refractivity contribution in [3.63, 3.8) is 0 Å². The van der Waals surface area contributed by atoms with Crippen molar-refractivity contribution in [2.45, 2.75) is 52.2 Å². The van der Waals surface area contributed by atoms with E-state index in [4.69, 9.17) is 4.42 Å². The Morgan fingerprint density at radius 3 is 2.34 bits per heavy atom. The van der Waals surface area contributed by atoms with Gasteiger partial charge in [0.05, 0.1) is 6.26 Å². The molecule has 0 aliphatic carbocycles. The highest BCUT2D eigenvalue weighted by molar-refractivity contribution is 5.95. The molecule has 1 aliphatic rings. The van der Waals surface area contributed by atoms with Crippen molar-refractivity contribution in [2.24, 2.45) is 5.92 Å². The molecule has 3 rings (SSSR count). The number of carbonyl (C=O) groups excluding carboxylic acids is 2. The van der Waals surface area contributed by atoms with E-state index in [2.05, 4.69) is 39.8 Å². The van der Waals surface area contributed by atoms with Crippen molar-refractivity contribution in [1.29, 1.82) is 0 Å². The summed E-state index contributed by atoms with van der Waals surface area (Å²) >= 11 is 0. The molecule has 6 nitrogen and oxygen atoms in total. The molecule has 0 bridgehead atoms. The van der Waals surface area contributed by atoms with E-state index < -0.39 is 6.04 Å². The number of carbonyl (C=O) groups is 2. The summed E-state index contributed by atoms with van der Waals surface area (Å²) in [6.07, 6.45) is 5.36. The van der Waals surface area contributed by atoms with Gasteiger partial charge in [-0.25, -0.2) is 0 Å². The second kappa shape index (κ2) is 10.3. The Balaban J connectivity index is 1.50. The molecule has 6 heteroatoms. The van der Waals surface area contributed by atoms with Crippen LogP contribution in [0.25, 0.3) is 0 Å². The molecular formula is C23H31N3O3. The van der Waals surface area contributed by atoms with E-state index in [0.717, 1.165) is 12.1 Å². The molecule has 2 aromatic rings. The van der Waals surface area contributed by atoms with E-state index >= 15 is 0 Å². The third kappa shape index (κ3) is 6.19. The Kier molecular flexibility index (Phi) is 7.47. The molecule has 1 aromatic carbocycles. The summed E-state index contributed by atoms with van der Waals surface area (Å²) < 4.78 is 5.10. The quantitative estimate of drug-likeness (QED) is 0.716. The summed E-state index contributed by atoms with van der Waals surface area (Å²) in [7, 11) is 0. The molecule has 1 aliphatic heterocycles. The summed E-state index contributed by atoms with van der Waals surface area (Å²) in [5.41, 5.74) is 2.34. The predicted octanol–water partition coefficient (Wildman–Crippen LogP) is 3.34. The molecule has 29 heavy (non-hydrogen) atoms. The smallest absolute Gasteiger partial charge is 0.287 e. The maximum atomic E-state index is 12.6. The number of nitrogens with zero attached hydrogens (tertiary/aromatic N) is 1. The van der Waals surface area contributed by atoms with Crippen LogP contribution in [0.15, 0.2) is 47.1 Å².